The van der Waals surface area contributed by atoms with E-state index in [4.69, 9.17) is 18.0 Å². The zero-order valence-electron chi connectivity index (χ0n) is 10.7. The molecule has 1 aromatic rings. The monoisotopic (exact) mass is 262 g/mol. The van der Waals surface area contributed by atoms with Gasteiger partial charge >= 0.3 is 0 Å². The normalized spacial score (nSPS) is 15.2. The van der Waals surface area contributed by atoms with Gasteiger partial charge in [-0.3, -0.25) is 4.79 Å². The molecule has 4 heteroatoms. The molecular weight excluding hydrogens is 244 g/mol. The molecule has 18 heavy (non-hydrogen) atoms. The Balaban J connectivity index is 2.02. The van der Waals surface area contributed by atoms with Crippen LogP contribution in [0.2, 0.25) is 0 Å². The molecule has 0 unspecified atom stereocenters. The topological polar surface area (TPSA) is 55.1 Å². The number of benzene rings is 1. The maximum Gasteiger partial charge on any atom is 0.232 e. The van der Waals surface area contributed by atoms with Gasteiger partial charge in [-0.2, -0.15) is 0 Å². The van der Waals surface area contributed by atoms with Gasteiger partial charge in [-0.15, -0.1) is 0 Å². The smallest absolute Gasteiger partial charge is 0.232 e. The van der Waals surface area contributed by atoms with E-state index in [1.165, 1.54) is 11.1 Å². The zero-order valence-corrected chi connectivity index (χ0v) is 11.5. The van der Waals surface area contributed by atoms with E-state index < -0.39 is 5.41 Å². The van der Waals surface area contributed by atoms with Crippen LogP contribution in [-0.4, -0.2) is 16.9 Å². The van der Waals surface area contributed by atoms with Gasteiger partial charge in [0.15, 0.2) is 0 Å². The minimum Gasteiger partial charge on any atom is -0.392 e. The Labute approximate surface area is 113 Å². The summed E-state index contributed by atoms with van der Waals surface area (Å²) in [5.41, 5.74) is 7.44. The van der Waals surface area contributed by atoms with Gasteiger partial charge in [-0.25, -0.2) is 0 Å². The van der Waals surface area contributed by atoms with E-state index in [-0.39, 0.29) is 16.9 Å². The van der Waals surface area contributed by atoms with Gasteiger partial charge in [0.05, 0.1) is 10.4 Å². The number of hydrogen-bond acceptors (Lipinski definition) is 2. The van der Waals surface area contributed by atoms with Crippen molar-refractivity contribution in [2.75, 3.05) is 0 Å². The van der Waals surface area contributed by atoms with Crippen LogP contribution in [0.3, 0.4) is 0 Å². The van der Waals surface area contributed by atoms with Crippen LogP contribution in [0.25, 0.3) is 0 Å². The van der Waals surface area contributed by atoms with Gasteiger partial charge in [0.25, 0.3) is 0 Å². The second-order valence-corrected chi connectivity index (χ2v) is 5.78. The first-order valence-corrected chi connectivity index (χ1v) is 6.49. The van der Waals surface area contributed by atoms with Gasteiger partial charge in [0, 0.05) is 6.04 Å². The summed E-state index contributed by atoms with van der Waals surface area (Å²) in [6.07, 6.45) is 1.77. The molecule has 2 rings (SSSR count). The van der Waals surface area contributed by atoms with Crippen LogP contribution in [0.1, 0.15) is 25.0 Å². The Bertz CT molecular complexity index is 471. The molecule has 0 aliphatic heterocycles. The molecule has 0 bridgehead atoms. The lowest BCUT2D eigenvalue weighted by atomic mass is 9.92. The summed E-state index contributed by atoms with van der Waals surface area (Å²) in [6.45, 7) is 3.51. The van der Waals surface area contributed by atoms with E-state index in [0.717, 1.165) is 12.8 Å². The van der Waals surface area contributed by atoms with Crippen molar-refractivity contribution in [3.05, 3.63) is 35.4 Å². The molecule has 0 saturated carbocycles. The molecule has 1 aromatic carbocycles. The molecule has 96 valence electrons. The molecule has 0 spiro atoms. The van der Waals surface area contributed by atoms with E-state index in [1.807, 2.05) is 12.1 Å². The Hall–Kier alpha value is -1.42. The van der Waals surface area contributed by atoms with E-state index >= 15 is 0 Å². The van der Waals surface area contributed by atoms with Crippen molar-refractivity contribution in [3.63, 3.8) is 0 Å². The first-order chi connectivity index (χ1) is 8.41. The highest BCUT2D eigenvalue weighted by molar-refractivity contribution is 7.80. The second-order valence-electron chi connectivity index (χ2n) is 5.34. The van der Waals surface area contributed by atoms with Crippen molar-refractivity contribution >= 4 is 23.1 Å². The number of rotatable bonds is 3. The zero-order chi connectivity index (χ0) is 13.3. The fourth-order valence-corrected chi connectivity index (χ4v) is 2.23. The number of carbonyl (C=O) groups excluding carboxylic acids is 1. The van der Waals surface area contributed by atoms with E-state index in [1.54, 1.807) is 13.8 Å². The highest BCUT2D eigenvalue weighted by atomic mass is 32.1. The number of thiocarbonyl (C=S) groups is 1. The van der Waals surface area contributed by atoms with Gasteiger partial charge < -0.3 is 11.1 Å². The van der Waals surface area contributed by atoms with Crippen LogP contribution in [0.5, 0.6) is 0 Å². The number of amides is 1. The maximum absolute atomic E-state index is 12.1. The van der Waals surface area contributed by atoms with Crippen LogP contribution < -0.4 is 11.1 Å². The first-order valence-electron chi connectivity index (χ1n) is 6.09. The molecule has 0 radical (unpaired) electrons. The Kier molecular flexibility index (Phi) is 3.39. The largest absolute Gasteiger partial charge is 0.392 e. The third kappa shape index (κ3) is 2.38. The fourth-order valence-electron chi connectivity index (χ4n) is 2.14. The van der Waals surface area contributed by atoms with Crippen LogP contribution in [0.15, 0.2) is 24.3 Å². The predicted octanol–water partition coefficient (Wildman–Crippen LogP) is 1.58. The average Bonchev–Trinajstić information content (AvgIpc) is 2.70. The molecule has 1 aliphatic carbocycles. The van der Waals surface area contributed by atoms with Gasteiger partial charge in [0.2, 0.25) is 5.91 Å². The second kappa shape index (κ2) is 4.69. The van der Waals surface area contributed by atoms with E-state index in [9.17, 15) is 4.79 Å². The molecule has 0 fully saturated rings. The Morgan fingerprint density at radius 3 is 2.28 bits per heavy atom. The molecule has 3 nitrogen and oxygen atoms in total. The summed E-state index contributed by atoms with van der Waals surface area (Å²) >= 11 is 4.94. The van der Waals surface area contributed by atoms with Crippen molar-refractivity contribution in [1.29, 1.82) is 0 Å². The Morgan fingerprint density at radius 2 is 1.83 bits per heavy atom. The lowest BCUT2D eigenvalue weighted by Crippen LogP contribution is -2.48. The van der Waals surface area contributed by atoms with Gasteiger partial charge in [-0.1, -0.05) is 36.5 Å². The highest BCUT2D eigenvalue weighted by Crippen LogP contribution is 2.23. The minimum absolute atomic E-state index is 0.0900. The summed E-state index contributed by atoms with van der Waals surface area (Å²) in [5.74, 6) is -0.0900. The molecular formula is C14H18N2OS. The SMILES string of the molecule is CC(C)(C(=O)NC1Cc2ccccc2C1)C(N)=S. The number of fused-ring (bicyclic) bond motifs is 1. The molecule has 3 N–H and O–H groups in total. The van der Waals surface area contributed by atoms with Crippen LogP contribution >= 0.6 is 12.2 Å². The third-order valence-corrected chi connectivity index (χ3v) is 4.08. The van der Waals surface area contributed by atoms with Gasteiger partial charge in [0.1, 0.15) is 0 Å². The standard InChI is InChI=1S/C14H18N2OS/c1-14(2,12(15)18)13(17)16-11-7-9-5-3-4-6-10(9)8-11/h3-6,11H,7-8H2,1-2H3,(H2,15,18)(H,16,17). The van der Waals surface area contributed by atoms with Crippen molar-refractivity contribution < 1.29 is 4.79 Å². The summed E-state index contributed by atoms with van der Waals surface area (Å²) in [5, 5.41) is 3.04. The number of hydrogen-bond donors (Lipinski definition) is 2. The molecule has 1 amide bonds. The van der Waals surface area contributed by atoms with Crippen molar-refractivity contribution in [1.82, 2.24) is 5.32 Å². The molecule has 0 heterocycles. The van der Waals surface area contributed by atoms with Crippen molar-refractivity contribution in [3.8, 4) is 0 Å². The summed E-state index contributed by atoms with van der Waals surface area (Å²) in [7, 11) is 0. The summed E-state index contributed by atoms with van der Waals surface area (Å²) in [4.78, 5) is 12.4. The molecule has 1 aliphatic rings. The third-order valence-electron chi connectivity index (χ3n) is 3.57. The highest BCUT2D eigenvalue weighted by Gasteiger charge is 2.33. The first kappa shape index (κ1) is 13.0. The minimum atomic E-state index is -0.788. The van der Waals surface area contributed by atoms with E-state index in [2.05, 4.69) is 17.4 Å². The quantitative estimate of drug-likeness (QED) is 0.813. The molecule has 0 aromatic heterocycles. The van der Waals surface area contributed by atoms with Gasteiger partial charge in [-0.05, 0) is 37.8 Å². The Morgan fingerprint density at radius 1 is 1.33 bits per heavy atom. The maximum atomic E-state index is 12.1. The summed E-state index contributed by atoms with van der Waals surface area (Å²) < 4.78 is 0. The van der Waals surface area contributed by atoms with Crippen LogP contribution in [0, 0.1) is 5.41 Å². The number of nitrogens with one attached hydrogen (secondary N) is 1. The lowest BCUT2D eigenvalue weighted by Gasteiger charge is -2.24. The summed E-state index contributed by atoms with van der Waals surface area (Å²) in [6, 6.07) is 8.44. The molecule has 0 saturated heterocycles. The average molecular weight is 262 g/mol. The number of carbonyl (C=O) groups is 1. The van der Waals surface area contributed by atoms with E-state index in [0.29, 0.717) is 0 Å². The lowest BCUT2D eigenvalue weighted by molar-refractivity contribution is -0.126. The van der Waals surface area contributed by atoms with Crippen LogP contribution in [0.4, 0.5) is 0 Å². The predicted molar refractivity (Wildman–Crippen MR) is 76.3 cm³/mol. The van der Waals surface area contributed by atoms with Crippen LogP contribution in [-0.2, 0) is 17.6 Å². The fraction of sp³-hybridized carbons (Fsp3) is 0.429. The molecule has 0 atom stereocenters. The van der Waals surface area contributed by atoms with Crippen molar-refractivity contribution in [2.24, 2.45) is 11.1 Å². The van der Waals surface area contributed by atoms with Crippen molar-refractivity contribution in [2.45, 2.75) is 32.7 Å². The number of nitrogens with two attached hydrogens (primary N) is 1.